The monoisotopic (exact) mass is 346 g/mol. The average molecular weight is 347 g/mol. The van der Waals surface area contributed by atoms with Crippen LogP contribution in [0.3, 0.4) is 0 Å². The zero-order valence-corrected chi connectivity index (χ0v) is 14.1. The maximum atomic E-state index is 11.8. The van der Waals surface area contributed by atoms with Gasteiger partial charge in [-0.05, 0) is 35.4 Å². The molecule has 0 spiro atoms. The van der Waals surface area contributed by atoms with Gasteiger partial charge in [-0.25, -0.2) is 0 Å². The smallest absolute Gasteiger partial charge is 0.239 e. The quantitative estimate of drug-likeness (QED) is 0.808. The van der Waals surface area contributed by atoms with Crippen molar-refractivity contribution in [2.24, 2.45) is 0 Å². The molecule has 0 heterocycles. The molecule has 0 saturated heterocycles. The fraction of sp³-hybridized carbons (Fsp3) is 0.222. The maximum Gasteiger partial charge on any atom is 0.239 e. The number of amides is 2. The van der Waals surface area contributed by atoms with E-state index in [0.29, 0.717) is 11.6 Å². The van der Waals surface area contributed by atoms with Crippen molar-refractivity contribution in [3.05, 3.63) is 64.7 Å². The van der Waals surface area contributed by atoms with E-state index in [1.54, 1.807) is 31.4 Å². The minimum Gasteiger partial charge on any atom is -0.497 e. The van der Waals surface area contributed by atoms with Gasteiger partial charge in [0.15, 0.2) is 0 Å². The second kappa shape index (κ2) is 8.93. The van der Waals surface area contributed by atoms with Crippen molar-refractivity contribution in [3.8, 4) is 5.75 Å². The highest BCUT2D eigenvalue weighted by atomic mass is 35.5. The molecular weight excluding hydrogens is 328 g/mol. The average Bonchev–Trinajstić information content (AvgIpc) is 2.60. The molecule has 0 radical (unpaired) electrons. The minimum atomic E-state index is -0.240. The molecule has 0 aliphatic carbocycles. The van der Waals surface area contributed by atoms with Crippen LogP contribution in [0.4, 0.5) is 0 Å². The van der Waals surface area contributed by atoms with Crippen LogP contribution in [-0.2, 0) is 22.6 Å². The second-order valence-electron chi connectivity index (χ2n) is 5.20. The molecule has 2 aromatic carbocycles. The van der Waals surface area contributed by atoms with E-state index < -0.39 is 0 Å². The van der Waals surface area contributed by atoms with Gasteiger partial charge in [-0.3, -0.25) is 9.59 Å². The van der Waals surface area contributed by atoms with Crippen molar-refractivity contribution in [1.29, 1.82) is 0 Å². The van der Waals surface area contributed by atoms with Gasteiger partial charge in [0.25, 0.3) is 0 Å². The van der Waals surface area contributed by atoms with Crippen LogP contribution in [0.2, 0.25) is 5.02 Å². The van der Waals surface area contributed by atoms with Crippen molar-refractivity contribution in [2.75, 3.05) is 13.7 Å². The molecular formula is C18H19ClN2O3. The Labute approximate surface area is 146 Å². The minimum absolute atomic E-state index is 0.0530. The van der Waals surface area contributed by atoms with Crippen LogP contribution in [-0.4, -0.2) is 25.5 Å². The summed E-state index contributed by atoms with van der Waals surface area (Å²) in [5.41, 5.74) is 1.80. The largest absolute Gasteiger partial charge is 0.497 e. The molecule has 0 atom stereocenters. The van der Waals surface area contributed by atoms with Crippen molar-refractivity contribution in [3.63, 3.8) is 0 Å². The molecule has 0 bridgehead atoms. The third-order valence-electron chi connectivity index (χ3n) is 3.37. The highest BCUT2D eigenvalue weighted by molar-refractivity contribution is 6.30. The molecule has 2 rings (SSSR count). The number of halogens is 1. The number of rotatable bonds is 7. The van der Waals surface area contributed by atoms with Gasteiger partial charge in [-0.15, -0.1) is 0 Å². The lowest BCUT2D eigenvalue weighted by molar-refractivity contribution is -0.125. The van der Waals surface area contributed by atoms with Crippen LogP contribution in [0, 0.1) is 0 Å². The molecule has 2 N–H and O–H groups in total. The first-order chi connectivity index (χ1) is 11.6. The zero-order chi connectivity index (χ0) is 17.4. The number of methoxy groups -OCH3 is 1. The topological polar surface area (TPSA) is 67.4 Å². The predicted octanol–water partition coefficient (Wildman–Crippen LogP) is 2.32. The summed E-state index contributed by atoms with van der Waals surface area (Å²) in [6, 6.07) is 14.4. The Balaban J connectivity index is 1.70. The summed E-state index contributed by atoms with van der Waals surface area (Å²) < 4.78 is 5.07. The first kappa shape index (κ1) is 17.8. The van der Waals surface area contributed by atoms with Crippen LogP contribution in [0.15, 0.2) is 48.5 Å². The summed E-state index contributed by atoms with van der Waals surface area (Å²) in [6.45, 7) is 0.346. The molecule has 0 aromatic heterocycles. The number of ether oxygens (including phenoxy) is 1. The Morgan fingerprint density at radius 1 is 0.917 bits per heavy atom. The lowest BCUT2D eigenvalue weighted by Crippen LogP contribution is -2.37. The van der Waals surface area contributed by atoms with Crippen molar-refractivity contribution < 1.29 is 14.3 Å². The molecule has 126 valence electrons. The molecule has 0 aliphatic heterocycles. The molecule has 2 aromatic rings. The predicted molar refractivity (Wildman–Crippen MR) is 93.0 cm³/mol. The Kier molecular flexibility index (Phi) is 6.63. The molecule has 0 saturated carbocycles. The lowest BCUT2D eigenvalue weighted by Gasteiger charge is -2.08. The van der Waals surface area contributed by atoms with Gasteiger partial charge in [0.1, 0.15) is 5.75 Å². The number of hydrogen-bond acceptors (Lipinski definition) is 3. The van der Waals surface area contributed by atoms with Crippen LogP contribution >= 0.6 is 11.6 Å². The lowest BCUT2D eigenvalue weighted by atomic mass is 10.1. The normalized spacial score (nSPS) is 10.1. The Bertz CT molecular complexity index is 684. The van der Waals surface area contributed by atoms with E-state index in [1.807, 2.05) is 24.3 Å². The summed E-state index contributed by atoms with van der Waals surface area (Å²) >= 11 is 5.79. The highest BCUT2D eigenvalue weighted by Crippen LogP contribution is 2.11. The highest BCUT2D eigenvalue weighted by Gasteiger charge is 2.06. The van der Waals surface area contributed by atoms with Gasteiger partial charge < -0.3 is 15.4 Å². The van der Waals surface area contributed by atoms with E-state index in [1.165, 1.54) is 0 Å². The van der Waals surface area contributed by atoms with E-state index in [4.69, 9.17) is 16.3 Å². The SMILES string of the molecule is COc1ccc(CNC(=O)CNC(=O)Cc2ccc(Cl)cc2)cc1. The van der Waals surface area contributed by atoms with Crippen LogP contribution in [0.5, 0.6) is 5.75 Å². The first-order valence-corrected chi connectivity index (χ1v) is 7.85. The standard InChI is InChI=1S/C18H19ClN2O3/c1-24-16-8-4-14(5-9-16)11-20-18(23)12-21-17(22)10-13-2-6-15(19)7-3-13/h2-9H,10-12H2,1H3,(H,20,23)(H,21,22). The van der Waals surface area contributed by atoms with Gasteiger partial charge in [0.2, 0.25) is 11.8 Å². The Hall–Kier alpha value is -2.53. The second-order valence-corrected chi connectivity index (χ2v) is 5.64. The fourth-order valence-electron chi connectivity index (χ4n) is 2.04. The third kappa shape index (κ3) is 5.93. The first-order valence-electron chi connectivity index (χ1n) is 7.47. The van der Waals surface area contributed by atoms with Gasteiger partial charge >= 0.3 is 0 Å². The molecule has 2 amide bonds. The summed E-state index contributed by atoms with van der Waals surface area (Å²) in [5.74, 6) is 0.312. The number of hydrogen-bond donors (Lipinski definition) is 2. The number of benzene rings is 2. The Morgan fingerprint density at radius 3 is 2.17 bits per heavy atom. The van der Waals surface area contributed by atoms with Crippen LogP contribution < -0.4 is 15.4 Å². The van der Waals surface area contributed by atoms with Gasteiger partial charge in [0.05, 0.1) is 20.1 Å². The van der Waals surface area contributed by atoms with Crippen LogP contribution in [0.25, 0.3) is 0 Å². The van der Waals surface area contributed by atoms with Gasteiger partial charge in [-0.2, -0.15) is 0 Å². The number of carbonyl (C=O) groups is 2. The molecule has 5 nitrogen and oxygen atoms in total. The summed E-state index contributed by atoms with van der Waals surface area (Å²) in [7, 11) is 1.60. The van der Waals surface area contributed by atoms with Crippen LogP contribution in [0.1, 0.15) is 11.1 Å². The molecule has 24 heavy (non-hydrogen) atoms. The summed E-state index contributed by atoms with van der Waals surface area (Å²) in [5, 5.41) is 5.97. The van der Waals surface area contributed by atoms with E-state index >= 15 is 0 Å². The summed E-state index contributed by atoms with van der Waals surface area (Å²) in [4.78, 5) is 23.6. The van der Waals surface area contributed by atoms with Gasteiger partial charge in [-0.1, -0.05) is 35.9 Å². The fourth-order valence-corrected chi connectivity index (χ4v) is 2.16. The summed E-state index contributed by atoms with van der Waals surface area (Å²) in [6.07, 6.45) is 0.211. The molecule has 0 aliphatic rings. The number of carbonyl (C=O) groups excluding carboxylic acids is 2. The Morgan fingerprint density at radius 2 is 1.54 bits per heavy atom. The zero-order valence-electron chi connectivity index (χ0n) is 13.3. The van der Waals surface area contributed by atoms with E-state index in [0.717, 1.165) is 16.9 Å². The van der Waals surface area contributed by atoms with E-state index in [9.17, 15) is 9.59 Å². The van der Waals surface area contributed by atoms with Crippen molar-refractivity contribution >= 4 is 23.4 Å². The molecule has 0 unspecified atom stereocenters. The van der Waals surface area contributed by atoms with Gasteiger partial charge in [0, 0.05) is 11.6 Å². The molecule has 0 fully saturated rings. The number of nitrogens with one attached hydrogen (secondary N) is 2. The van der Waals surface area contributed by atoms with Crippen molar-refractivity contribution in [1.82, 2.24) is 10.6 Å². The molecule has 6 heteroatoms. The van der Waals surface area contributed by atoms with E-state index in [-0.39, 0.29) is 24.8 Å². The maximum absolute atomic E-state index is 11.8. The van der Waals surface area contributed by atoms with Crippen molar-refractivity contribution in [2.45, 2.75) is 13.0 Å². The van der Waals surface area contributed by atoms with E-state index in [2.05, 4.69) is 10.6 Å². The third-order valence-corrected chi connectivity index (χ3v) is 3.62.